The Kier molecular flexibility index (Phi) is 7.50. The third-order valence-electron chi connectivity index (χ3n) is 3.77. The molecular formula is C22H18Cl2N2O3. The van der Waals surface area contributed by atoms with Gasteiger partial charge in [0, 0.05) is 10.0 Å². The second kappa shape index (κ2) is 10.5. The van der Waals surface area contributed by atoms with E-state index in [0.717, 1.165) is 16.9 Å². The monoisotopic (exact) mass is 428 g/mol. The van der Waals surface area contributed by atoms with Gasteiger partial charge in [-0.15, -0.1) is 0 Å². The molecule has 0 aliphatic heterocycles. The molecule has 0 saturated heterocycles. The van der Waals surface area contributed by atoms with Crippen molar-refractivity contribution >= 4 is 35.3 Å². The van der Waals surface area contributed by atoms with Gasteiger partial charge in [0.1, 0.15) is 18.1 Å². The first-order chi connectivity index (χ1) is 14.1. The minimum Gasteiger partial charge on any atom is -0.489 e. The quantitative estimate of drug-likeness (QED) is 0.400. The van der Waals surface area contributed by atoms with E-state index in [1.165, 1.54) is 0 Å². The molecule has 3 rings (SSSR count). The molecular weight excluding hydrogens is 411 g/mol. The molecule has 0 fully saturated rings. The van der Waals surface area contributed by atoms with Crippen LogP contribution in [0.15, 0.2) is 77.9 Å². The summed E-state index contributed by atoms with van der Waals surface area (Å²) in [6.07, 6.45) is 1.54. The first kappa shape index (κ1) is 20.7. The van der Waals surface area contributed by atoms with Crippen molar-refractivity contribution in [2.75, 3.05) is 6.61 Å². The maximum Gasteiger partial charge on any atom is 0.277 e. The molecule has 0 aromatic heterocycles. The van der Waals surface area contributed by atoms with Crippen molar-refractivity contribution in [1.82, 2.24) is 5.43 Å². The largest absolute Gasteiger partial charge is 0.489 e. The zero-order valence-electron chi connectivity index (χ0n) is 15.3. The van der Waals surface area contributed by atoms with Gasteiger partial charge < -0.3 is 9.47 Å². The van der Waals surface area contributed by atoms with Crippen molar-refractivity contribution in [1.29, 1.82) is 0 Å². The number of hydrogen-bond donors (Lipinski definition) is 1. The molecule has 29 heavy (non-hydrogen) atoms. The van der Waals surface area contributed by atoms with Crippen molar-refractivity contribution in [2.24, 2.45) is 5.10 Å². The number of carbonyl (C=O) groups excluding carboxylic acids is 1. The molecule has 0 spiro atoms. The molecule has 1 amide bonds. The Hall–Kier alpha value is -3.02. The molecule has 3 aromatic rings. The van der Waals surface area contributed by atoms with Gasteiger partial charge in [0.05, 0.1) is 6.21 Å². The number of nitrogens with zero attached hydrogens (tertiary/aromatic N) is 1. The predicted octanol–water partition coefficient (Wildman–Crippen LogP) is 5.10. The Morgan fingerprint density at radius 3 is 2.38 bits per heavy atom. The fraction of sp³-hybridized carbons (Fsp3) is 0.0909. The van der Waals surface area contributed by atoms with E-state index in [-0.39, 0.29) is 12.5 Å². The van der Waals surface area contributed by atoms with Gasteiger partial charge in [-0.25, -0.2) is 5.43 Å². The first-order valence-corrected chi connectivity index (χ1v) is 9.52. The molecule has 0 unspecified atom stereocenters. The number of hydrogen-bond acceptors (Lipinski definition) is 4. The number of carbonyl (C=O) groups is 1. The number of rotatable bonds is 8. The first-order valence-electron chi connectivity index (χ1n) is 8.76. The lowest BCUT2D eigenvalue weighted by Gasteiger charge is -2.07. The van der Waals surface area contributed by atoms with Gasteiger partial charge in [0.2, 0.25) is 0 Å². The van der Waals surface area contributed by atoms with Crippen molar-refractivity contribution in [3.05, 3.63) is 94.0 Å². The van der Waals surface area contributed by atoms with Crippen LogP contribution in [0.1, 0.15) is 11.1 Å². The summed E-state index contributed by atoms with van der Waals surface area (Å²) in [5, 5.41) is 5.16. The average Bonchev–Trinajstić information content (AvgIpc) is 2.73. The summed E-state index contributed by atoms with van der Waals surface area (Å²) in [6, 6.07) is 21.7. The summed E-state index contributed by atoms with van der Waals surface area (Å²) in [5.41, 5.74) is 4.26. The molecule has 3 aromatic carbocycles. The van der Waals surface area contributed by atoms with Crippen LogP contribution in [-0.4, -0.2) is 18.7 Å². The number of nitrogens with one attached hydrogen (secondary N) is 1. The highest BCUT2D eigenvalue weighted by Crippen LogP contribution is 2.17. The van der Waals surface area contributed by atoms with Gasteiger partial charge in [0.25, 0.3) is 5.91 Å². The van der Waals surface area contributed by atoms with E-state index in [2.05, 4.69) is 10.5 Å². The third kappa shape index (κ3) is 7.14. The summed E-state index contributed by atoms with van der Waals surface area (Å²) in [6.45, 7) is 0.294. The minimum atomic E-state index is -0.371. The zero-order chi connectivity index (χ0) is 20.5. The molecule has 5 nitrogen and oxygen atoms in total. The summed E-state index contributed by atoms with van der Waals surface area (Å²) >= 11 is 11.7. The number of halogens is 2. The molecule has 7 heteroatoms. The van der Waals surface area contributed by atoms with Crippen LogP contribution in [0.5, 0.6) is 11.5 Å². The summed E-state index contributed by atoms with van der Waals surface area (Å²) < 4.78 is 11.1. The molecule has 148 valence electrons. The van der Waals surface area contributed by atoms with Crippen LogP contribution in [0.3, 0.4) is 0 Å². The van der Waals surface area contributed by atoms with Gasteiger partial charge in [0.15, 0.2) is 6.61 Å². The lowest BCUT2D eigenvalue weighted by atomic mass is 10.2. The molecule has 0 radical (unpaired) electrons. The van der Waals surface area contributed by atoms with E-state index >= 15 is 0 Å². The molecule has 0 bridgehead atoms. The maximum atomic E-state index is 11.8. The van der Waals surface area contributed by atoms with Gasteiger partial charge in [-0.2, -0.15) is 5.10 Å². The van der Waals surface area contributed by atoms with E-state index in [1.54, 1.807) is 30.5 Å². The third-order valence-corrected chi connectivity index (χ3v) is 4.25. The van der Waals surface area contributed by atoms with E-state index in [4.69, 9.17) is 32.7 Å². The highest BCUT2D eigenvalue weighted by Gasteiger charge is 2.02. The molecule has 1 N–H and O–H groups in total. The summed E-state index contributed by atoms with van der Waals surface area (Å²) in [4.78, 5) is 11.8. The molecule has 0 aliphatic rings. The number of ether oxygens (including phenoxy) is 2. The zero-order valence-corrected chi connectivity index (χ0v) is 16.9. The smallest absolute Gasteiger partial charge is 0.277 e. The van der Waals surface area contributed by atoms with E-state index in [1.807, 2.05) is 48.5 Å². The van der Waals surface area contributed by atoms with Crippen LogP contribution in [0.25, 0.3) is 0 Å². The Morgan fingerprint density at radius 2 is 1.66 bits per heavy atom. The normalized spacial score (nSPS) is 10.7. The molecule has 0 saturated carbocycles. The van der Waals surface area contributed by atoms with Crippen LogP contribution < -0.4 is 14.9 Å². The van der Waals surface area contributed by atoms with E-state index < -0.39 is 0 Å². The Morgan fingerprint density at radius 1 is 0.897 bits per heavy atom. The van der Waals surface area contributed by atoms with Crippen LogP contribution >= 0.6 is 23.2 Å². The Bertz CT molecular complexity index is 974. The Balaban J connectivity index is 1.42. The van der Waals surface area contributed by atoms with E-state index in [9.17, 15) is 4.79 Å². The summed E-state index contributed by atoms with van der Waals surface area (Å²) in [5.74, 6) is 0.881. The van der Waals surface area contributed by atoms with Crippen LogP contribution in [0, 0.1) is 0 Å². The van der Waals surface area contributed by atoms with Crippen molar-refractivity contribution in [3.63, 3.8) is 0 Å². The molecule has 0 heterocycles. The van der Waals surface area contributed by atoms with E-state index in [0.29, 0.717) is 22.4 Å². The number of hydrazone groups is 1. The number of amides is 1. The fourth-order valence-electron chi connectivity index (χ4n) is 2.31. The minimum absolute atomic E-state index is 0.158. The summed E-state index contributed by atoms with van der Waals surface area (Å²) in [7, 11) is 0. The van der Waals surface area contributed by atoms with Gasteiger partial charge >= 0.3 is 0 Å². The topological polar surface area (TPSA) is 59.9 Å². The SMILES string of the molecule is O=C(COc1cccc(Cl)c1)NN=Cc1ccc(OCc2ccc(Cl)cc2)cc1. The van der Waals surface area contributed by atoms with Crippen molar-refractivity contribution < 1.29 is 14.3 Å². The van der Waals surface area contributed by atoms with Crippen LogP contribution in [0.2, 0.25) is 10.0 Å². The van der Waals surface area contributed by atoms with Crippen molar-refractivity contribution in [2.45, 2.75) is 6.61 Å². The molecule has 0 atom stereocenters. The molecule has 0 aliphatic carbocycles. The maximum absolute atomic E-state index is 11.8. The van der Waals surface area contributed by atoms with Crippen LogP contribution in [0.4, 0.5) is 0 Å². The second-order valence-corrected chi connectivity index (χ2v) is 6.90. The Labute approximate surface area is 178 Å². The van der Waals surface area contributed by atoms with Crippen LogP contribution in [-0.2, 0) is 11.4 Å². The van der Waals surface area contributed by atoms with Gasteiger partial charge in [-0.3, -0.25) is 4.79 Å². The lowest BCUT2D eigenvalue weighted by molar-refractivity contribution is -0.123. The fourth-order valence-corrected chi connectivity index (χ4v) is 2.62. The predicted molar refractivity (Wildman–Crippen MR) is 115 cm³/mol. The van der Waals surface area contributed by atoms with Gasteiger partial charge in [-0.05, 0) is 65.7 Å². The van der Waals surface area contributed by atoms with Gasteiger partial charge in [-0.1, -0.05) is 41.4 Å². The second-order valence-electron chi connectivity index (χ2n) is 6.02. The average molecular weight is 429 g/mol. The highest BCUT2D eigenvalue weighted by atomic mass is 35.5. The lowest BCUT2D eigenvalue weighted by Crippen LogP contribution is -2.24. The highest BCUT2D eigenvalue weighted by molar-refractivity contribution is 6.30. The number of benzene rings is 3. The standard InChI is InChI=1S/C22H18Cl2N2O3/c23-18-8-4-17(5-9-18)14-28-20-10-6-16(7-11-20)13-25-26-22(27)15-29-21-3-1-2-19(24)12-21/h1-13H,14-15H2,(H,26,27). The van der Waals surface area contributed by atoms with Crippen molar-refractivity contribution in [3.8, 4) is 11.5 Å².